The van der Waals surface area contributed by atoms with Crippen LogP contribution in [0, 0.1) is 0 Å². The molecule has 0 fully saturated rings. The average molecular weight is 215 g/mol. The molecule has 0 radical (unpaired) electrons. The number of nitrogens with one attached hydrogen (secondary N) is 1. The van der Waals surface area contributed by atoms with Gasteiger partial charge in [-0.2, -0.15) is 0 Å². The summed E-state index contributed by atoms with van der Waals surface area (Å²) in [5.41, 5.74) is 5.02. The van der Waals surface area contributed by atoms with Crippen LogP contribution < -0.4 is 11.1 Å². The lowest BCUT2D eigenvalue weighted by molar-refractivity contribution is -0.117. The lowest BCUT2D eigenvalue weighted by Crippen LogP contribution is -2.28. The Kier molecular flexibility index (Phi) is 8.33. The van der Waals surface area contributed by atoms with Gasteiger partial charge in [-0.05, 0) is 46.8 Å². The highest BCUT2D eigenvalue weighted by atomic mass is 16.1. The van der Waals surface area contributed by atoms with Gasteiger partial charge < -0.3 is 16.0 Å². The third kappa shape index (κ3) is 9.69. The van der Waals surface area contributed by atoms with E-state index in [0.717, 1.165) is 19.5 Å². The van der Waals surface area contributed by atoms with Crippen LogP contribution in [0.4, 0.5) is 0 Å². The minimum atomic E-state index is -0.234. The number of nitrogens with two attached hydrogens (primary N) is 1. The lowest BCUT2D eigenvalue weighted by atomic mass is 10.2. The van der Waals surface area contributed by atoms with E-state index in [2.05, 4.69) is 31.1 Å². The summed E-state index contributed by atoms with van der Waals surface area (Å²) < 4.78 is 0. The number of hydrogen-bond acceptors (Lipinski definition) is 3. The van der Waals surface area contributed by atoms with E-state index in [1.54, 1.807) is 0 Å². The molecule has 0 saturated heterocycles. The van der Waals surface area contributed by atoms with Crippen LogP contribution in [-0.4, -0.2) is 43.5 Å². The number of hydrogen-bond donors (Lipinski definition) is 2. The fourth-order valence-corrected chi connectivity index (χ4v) is 1.21. The zero-order chi connectivity index (χ0) is 11.7. The predicted molar refractivity (Wildman–Crippen MR) is 63.7 cm³/mol. The monoisotopic (exact) mass is 215 g/mol. The van der Waals surface area contributed by atoms with E-state index >= 15 is 0 Å². The molecule has 1 amide bonds. The number of amides is 1. The molecule has 0 saturated carbocycles. The SMILES string of the molecule is CC(C)N(C)CCCCNCCC(N)=O. The van der Waals surface area contributed by atoms with Crippen molar-refractivity contribution in [1.29, 1.82) is 0 Å². The van der Waals surface area contributed by atoms with E-state index in [1.165, 1.54) is 6.42 Å². The van der Waals surface area contributed by atoms with Crippen molar-refractivity contribution in [1.82, 2.24) is 10.2 Å². The van der Waals surface area contributed by atoms with Crippen molar-refractivity contribution in [3.63, 3.8) is 0 Å². The van der Waals surface area contributed by atoms with Crippen LogP contribution in [0.1, 0.15) is 33.1 Å². The molecule has 0 aliphatic rings. The molecule has 0 bridgehead atoms. The van der Waals surface area contributed by atoms with Crippen molar-refractivity contribution < 1.29 is 4.79 Å². The number of carbonyl (C=O) groups excluding carboxylic acids is 1. The molecule has 0 aromatic heterocycles. The van der Waals surface area contributed by atoms with E-state index in [0.29, 0.717) is 19.0 Å². The largest absolute Gasteiger partial charge is 0.370 e. The van der Waals surface area contributed by atoms with Crippen molar-refractivity contribution in [2.24, 2.45) is 5.73 Å². The first-order chi connectivity index (χ1) is 7.04. The molecule has 15 heavy (non-hydrogen) atoms. The van der Waals surface area contributed by atoms with Gasteiger partial charge >= 0.3 is 0 Å². The van der Waals surface area contributed by atoms with Crippen LogP contribution in [0.25, 0.3) is 0 Å². The highest BCUT2D eigenvalue weighted by molar-refractivity contribution is 5.73. The minimum absolute atomic E-state index is 0.234. The fourth-order valence-electron chi connectivity index (χ4n) is 1.21. The van der Waals surface area contributed by atoms with E-state index in [1.807, 2.05) is 0 Å². The first-order valence-corrected chi connectivity index (χ1v) is 5.73. The summed E-state index contributed by atoms with van der Waals surface area (Å²) >= 11 is 0. The zero-order valence-electron chi connectivity index (χ0n) is 10.3. The van der Waals surface area contributed by atoms with Gasteiger partial charge in [0, 0.05) is 19.0 Å². The topological polar surface area (TPSA) is 58.4 Å². The van der Waals surface area contributed by atoms with Crippen LogP contribution in [0.3, 0.4) is 0 Å². The van der Waals surface area contributed by atoms with E-state index < -0.39 is 0 Å². The van der Waals surface area contributed by atoms with Gasteiger partial charge in [-0.25, -0.2) is 0 Å². The molecule has 4 nitrogen and oxygen atoms in total. The molecule has 0 aromatic carbocycles. The lowest BCUT2D eigenvalue weighted by Gasteiger charge is -2.20. The molecule has 4 heteroatoms. The summed E-state index contributed by atoms with van der Waals surface area (Å²) in [4.78, 5) is 12.8. The fraction of sp³-hybridized carbons (Fsp3) is 0.909. The maximum atomic E-state index is 10.4. The molecular formula is C11H25N3O. The normalized spacial score (nSPS) is 11.3. The molecule has 3 N–H and O–H groups in total. The second-order valence-electron chi connectivity index (χ2n) is 4.25. The molecule has 0 unspecified atom stereocenters. The Morgan fingerprint density at radius 1 is 1.33 bits per heavy atom. The first-order valence-electron chi connectivity index (χ1n) is 5.73. The van der Waals surface area contributed by atoms with Crippen LogP contribution in [0.2, 0.25) is 0 Å². The van der Waals surface area contributed by atoms with Crippen molar-refractivity contribution in [3.05, 3.63) is 0 Å². The van der Waals surface area contributed by atoms with Crippen LogP contribution in [0.15, 0.2) is 0 Å². The zero-order valence-corrected chi connectivity index (χ0v) is 10.3. The second kappa shape index (κ2) is 8.68. The third-order valence-electron chi connectivity index (χ3n) is 2.54. The summed E-state index contributed by atoms with van der Waals surface area (Å²) in [6.07, 6.45) is 2.78. The van der Waals surface area contributed by atoms with Gasteiger partial charge in [-0.3, -0.25) is 4.79 Å². The molecule has 0 rings (SSSR count). The number of unbranched alkanes of at least 4 members (excludes halogenated alkanes) is 1. The Bertz CT molecular complexity index is 171. The molecule has 0 atom stereocenters. The van der Waals surface area contributed by atoms with Gasteiger partial charge in [0.1, 0.15) is 0 Å². The molecule has 90 valence electrons. The Morgan fingerprint density at radius 3 is 2.53 bits per heavy atom. The molecule has 0 aromatic rings. The Labute approximate surface area is 93.2 Å². The maximum absolute atomic E-state index is 10.4. The highest BCUT2D eigenvalue weighted by Gasteiger charge is 2.01. The quantitative estimate of drug-likeness (QED) is 0.553. The molecular weight excluding hydrogens is 190 g/mol. The van der Waals surface area contributed by atoms with Gasteiger partial charge in [0.25, 0.3) is 0 Å². The van der Waals surface area contributed by atoms with E-state index in [-0.39, 0.29) is 5.91 Å². The molecule has 0 heterocycles. The van der Waals surface area contributed by atoms with E-state index in [4.69, 9.17) is 5.73 Å². The van der Waals surface area contributed by atoms with Crippen molar-refractivity contribution >= 4 is 5.91 Å². The third-order valence-corrected chi connectivity index (χ3v) is 2.54. The molecule has 0 aliphatic carbocycles. The Hall–Kier alpha value is -0.610. The molecule has 0 aliphatic heterocycles. The van der Waals surface area contributed by atoms with Gasteiger partial charge in [-0.1, -0.05) is 0 Å². The van der Waals surface area contributed by atoms with Gasteiger partial charge in [-0.15, -0.1) is 0 Å². The highest BCUT2D eigenvalue weighted by Crippen LogP contribution is 1.97. The van der Waals surface area contributed by atoms with Crippen molar-refractivity contribution in [3.8, 4) is 0 Å². The standard InChI is InChI=1S/C11H25N3O/c1-10(2)14(3)9-5-4-7-13-8-6-11(12)15/h10,13H,4-9H2,1-3H3,(H2,12,15). The predicted octanol–water partition coefficient (Wildman–Crippen LogP) is 0.572. The Morgan fingerprint density at radius 2 is 2.00 bits per heavy atom. The first kappa shape index (κ1) is 14.4. The summed E-state index contributed by atoms with van der Waals surface area (Å²) in [7, 11) is 2.14. The van der Waals surface area contributed by atoms with Gasteiger partial charge in [0.2, 0.25) is 5.91 Å². The summed E-state index contributed by atoms with van der Waals surface area (Å²) in [5, 5.41) is 3.20. The summed E-state index contributed by atoms with van der Waals surface area (Å²) in [6.45, 7) is 7.21. The van der Waals surface area contributed by atoms with Crippen LogP contribution >= 0.6 is 0 Å². The summed E-state index contributed by atoms with van der Waals surface area (Å²) in [5.74, 6) is -0.234. The number of rotatable bonds is 9. The number of nitrogens with zero attached hydrogens (tertiary/aromatic N) is 1. The smallest absolute Gasteiger partial charge is 0.218 e. The van der Waals surface area contributed by atoms with Crippen molar-refractivity contribution in [2.45, 2.75) is 39.2 Å². The Balaban J connectivity index is 3.15. The second-order valence-corrected chi connectivity index (χ2v) is 4.25. The number of primary amides is 1. The minimum Gasteiger partial charge on any atom is -0.370 e. The average Bonchev–Trinajstić information content (AvgIpc) is 2.15. The van der Waals surface area contributed by atoms with Gasteiger partial charge in [0.05, 0.1) is 0 Å². The van der Waals surface area contributed by atoms with Crippen LogP contribution in [-0.2, 0) is 4.79 Å². The van der Waals surface area contributed by atoms with Crippen LogP contribution in [0.5, 0.6) is 0 Å². The summed E-state index contributed by atoms with van der Waals surface area (Å²) in [6, 6.07) is 0.618. The van der Waals surface area contributed by atoms with Gasteiger partial charge in [0.15, 0.2) is 0 Å². The van der Waals surface area contributed by atoms with Crippen molar-refractivity contribution in [2.75, 3.05) is 26.7 Å². The molecule has 0 spiro atoms. The van der Waals surface area contributed by atoms with E-state index in [9.17, 15) is 4.79 Å². The maximum Gasteiger partial charge on any atom is 0.218 e. The number of carbonyl (C=O) groups is 1.